The summed E-state index contributed by atoms with van der Waals surface area (Å²) in [5.41, 5.74) is 3.36. The van der Waals surface area contributed by atoms with E-state index < -0.39 is 24.5 Å². The Kier molecular flexibility index (Phi) is 9.77. The van der Waals surface area contributed by atoms with Crippen LogP contribution >= 0.6 is 11.3 Å². The van der Waals surface area contributed by atoms with Crippen LogP contribution in [0.2, 0.25) is 0 Å². The molecule has 2 heterocycles. The molecule has 0 aliphatic rings. The number of nitrogens with one attached hydrogen (secondary N) is 2. The first-order valence-electron chi connectivity index (χ1n) is 15.0. The van der Waals surface area contributed by atoms with Crippen molar-refractivity contribution in [3.63, 3.8) is 0 Å². The van der Waals surface area contributed by atoms with Gasteiger partial charge in [0.05, 0.1) is 11.5 Å². The van der Waals surface area contributed by atoms with E-state index in [1.807, 2.05) is 61.5 Å². The fourth-order valence-corrected chi connectivity index (χ4v) is 5.87. The highest BCUT2D eigenvalue weighted by Crippen LogP contribution is 2.30. The third-order valence-corrected chi connectivity index (χ3v) is 8.87. The van der Waals surface area contributed by atoms with Crippen molar-refractivity contribution in [2.75, 3.05) is 13.2 Å². The zero-order valence-electron chi connectivity index (χ0n) is 26.2. The summed E-state index contributed by atoms with van der Waals surface area (Å²) in [6.07, 6.45) is 3.75. The number of fused-ring (bicyclic) bond motifs is 1. The second-order valence-corrected chi connectivity index (χ2v) is 13.0. The highest BCUT2D eigenvalue weighted by molar-refractivity contribution is 7.14. The van der Waals surface area contributed by atoms with Crippen LogP contribution in [0.15, 0.2) is 85.2 Å². The Morgan fingerprint density at radius 2 is 1.54 bits per heavy atom. The molecule has 2 aromatic heterocycles. The van der Waals surface area contributed by atoms with Crippen LogP contribution < -0.4 is 15.4 Å². The van der Waals surface area contributed by atoms with Gasteiger partial charge in [-0.2, -0.15) is 0 Å². The molecule has 1 unspecified atom stereocenters. The molecule has 5 rings (SSSR count). The quantitative estimate of drug-likeness (QED) is 0.156. The van der Waals surface area contributed by atoms with Crippen LogP contribution in [-0.4, -0.2) is 52.1 Å². The predicted octanol–water partition coefficient (Wildman–Crippen LogP) is 6.26. The molecule has 10 heteroatoms. The highest BCUT2D eigenvalue weighted by atomic mass is 32.1. The zero-order chi connectivity index (χ0) is 32.8. The number of ether oxygens (including phenoxy) is 1. The Hall–Kier alpha value is -5.09. The van der Waals surface area contributed by atoms with E-state index >= 15 is 0 Å². The topological polar surface area (TPSA) is 131 Å². The highest BCUT2D eigenvalue weighted by Gasteiger charge is 2.25. The van der Waals surface area contributed by atoms with Crippen molar-refractivity contribution in [2.45, 2.75) is 45.6 Å². The number of carbonyl (C=O) groups is 3. The van der Waals surface area contributed by atoms with Gasteiger partial charge in [-0.3, -0.25) is 14.4 Å². The predicted molar refractivity (Wildman–Crippen MR) is 180 cm³/mol. The molecule has 46 heavy (non-hydrogen) atoms. The van der Waals surface area contributed by atoms with Gasteiger partial charge in [0.1, 0.15) is 18.3 Å². The lowest BCUT2D eigenvalue weighted by Crippen LogP contribution is -2.49. The number of aromatic nitrogens is 2. The molecular weight excluding hydrogens is 600 g/mol. The van der Waals surface area contributed by atoms with Gasteiger partial charge >= 0.3 is 5.97 Å². The Balaban J connectivity index is 1.29. The molecule has 0 saturated heterocycles. The van der Waals surface area contributed by atoms with Gasteiger partial charge in [-0.1, -0.05) is 63.2 Å². The average molecular weight is 637 g/mol. The van der Waals surface area contributed by atoms with E-state index in [-0.39, 0.29) is 17.7 Å². The minimum absolute atomic E-state index is 0.113. The third-order valence-electron chi connectivity index (χ3n) is 7.36. The lowest BCUT2D eigenvalue weighted by molar-refractivity contribution is -0.138. The molecule has 0 bridgehead atoms. The summed E-state index contributed by atoms with van der Waals surface area (Å²) < 4.78 is 5.61. The number of hydrogen-bond donors (Lipinski definition) is 3. The molecule has 9 nitrogen and oxygen atoms in total. The van der Waals surface area contributed by atoms with Gasteiger partial charge < -0.3 is 20.5 Å². The summed E-state index contributed by atoms with van der Waals surface area (Å²) in [6.45, 7) is 8.24. The van der Waals surface area contributed by atoms with E-state index in [0.29, 0.717) is 17.3 Å². The second kappa shape index (κ2) is 13.9. The minimum atomic E-state index is -1.17. The SMILES string of the molecule is CCOc1ccc2cc(-c3cnc(-c4ccc(CC(NC(=O)c5ccc(C(C)(C)C)s5)C(=O)NCC(=O)O)cc4)nc3)ccc2c1. The van der Waals surface area contributed by atoms with Crippen LogP contribution in [0, 0.1) is 0 Å². The van der Waals surface area contributed by atoms with Crippen molar-refractivity contribution >= 4 is 39.9 Å². The Labute approximate surface area is 271 Å². The lowest BCUT2D eigenvalue weighted by Gasteiger charge is -2.18. The van der Waals surface area contributed by atoms with Crippen LogP contribution in [0.25, 0.3) is 33.3 Å². The smallest absolute Gasteiger partial charge is 0.322 e. The molecule has 3 aromatic carbocycles. The van der Waals surface area contributed by atoms with Crippen molar-refractivity contribution in [3.8, 4) is 28.3 Å². The third kappa shape index (κ3) is 7.94. The summed E-state index contributed by atoms with van der Waals surface area (Å²) in [5, 5.41) is 16.4. The molecule has 1 atom stereocenters. The Bertz CT molecular complexity index is 1860. The zero-order valence-corrected chi connectivity index (χ0v) is 27.0. The average Bonchev–Trinajstić information content (AvgIpc) is 3.55. The molecular formula is C36H36N4O5S. The van der Waals surface area contributed by atoms with E-state index in [1.165, 1.54) is 11.3 Å². The number of thiophene rings is 1. The number of nitrogens with zero attached hydrogens (tertiary/aromatic N) is 2. The van der Waals surface area contributed by atoms with Gasteiger partial charge in [0.2, 0.25) is 5.91 Å². The first kappa shape index (κ1) is 32.3. The van der Waals surface area contributed by atoms with E-state index in [0.717, 1.165) is 43.7 Å². The number of carbonyl (C=O) groups excluding carboxylic acids is 2. The molecule has 0 aliphatic heterocycles. The molecule has 5 aromatic rings. The van der Waals surface area contributed by atoms with Crippen LogP contribution in [-0.2, 0) is 21.4 Å². The van der Waals surface area contributed by atoms with Crippen molar-refractivity contribution < 1.29 is 24.2 Å². The maximum absolute atomic E-state index is 13.1. The Morgan fingerprint density at radius 1 is 0.870 bits per heavy atom. The van der Waals surface area contributed by atoms with E-state index in [4.69, 9.17) is 9.84 Å². The fourth-order valence-electron chi connectivity index (χ4n) is 4.90. The summed E-state index contributed by atoms with van der Waals surface area (Å²) in [6, 6.07) is 22.3. The monoisotopic (exact) mass is 636 g/mol. The first-order valence-corrected chi connectivity index (χ1v) is 15.8. The number of aliphatic carboxylic acids is 1. The number of rotatable bonds is 11. The maximum Gasteiger partial charge on any atom is 0.322 e. The van der Waals surface area contributed by atoms with Gasteiger partial charge in [-0.15, -0.1) is 11.3 Å². The normalized spacial score (nSPS) is 12.0. The van der Waals surface area contributed by atoms with E-state index in [9.17, 15) is 14.4 Å². The van der Waals surface area contributed by atoms with E-state index in [1.54, 1.807) is 18.5 Å². The summed E-state index contributed by atoms with van der Waals surface area (Å²) in [5.74, 6) is -0.735. The van der Waals surface area contributed by atoms with Crippen LogP contribution in [0.5, 0.6) is 5.75 Å². The van der Waals surface area contributed by atoms with Crippen LogP contribution in [0.4, 0.5) is 0 Å². The standard InChI is InChI=1S/C36H36N4O5S/c1-5-45-28-13-12-24-17-25(10-11-26(24)18-28)27-19-37-33(38-20-27)23-8-6-22(7-9-23)16-29(34(43)39-21-32(41)42)40-35(44)30-14-15-31(46-30)36(2,3)4/h6-15,17-20,29H,5,16,21H2,1-4H3,(H,39,43)(H,40,44)(H,41,42). The van der Waals surface area contributed by atoms with E-state index in [2.05, 4.69) is 53.5 Å². The van der Waals surface area contributed by atoms with Gasteiger partial charge in [0.25, 0.3) is 5.91 Å². The lowest BCUT2D eigenvalue weighted by atomic mass is 9.95. The number of benzene rings is 3. The van der Waals surface area contributed by atoms with Crippen molar-refractivity contribution in [2.24, 2.45) is 0 Å². The number of amides is 2. The van der Waals surface area contributed by atoms with Crippen molar-refractivity contribution in [1.82, 2.24) is 20.6 Å². The number of carboxylic acids is 1. The fraction of sp³-hybridized carbons (Fsp3) is 0.250. The van der Waals surface area contributed by atoms with Gasteiger partial charge in [-0.05, 0) is 64.6 Å². The van der Waals surface area contributed by atoms with Crippen molar-refractivity contribution in [1.29, 1.82) is 0 Å². The molecule has 0 radical (unpaired) electrons. The molecule has 236 valence electrons. The molecule has 0 spiro atoms. The Morgan fingerprint density at radius 3 is 2.20 bits per heavy atom. The number of carboxylic acid groups (broad SMARTS) is 1. The molecule has 2 amide bonds. The summed E-state index contributed by atoms with van der Waals surface area (Å²) in [7, 11) is 0. The molecule has 0 aliphatic carbocycles. The molecule has 0 saturated carbocycles. The molecule has 0 fully saturated rings. The van der Waals surface area contributed by atoms with Gasteiger partial charge in [-0.25, -0.2) is 9.97 Å². The number of hydrogen-bond acceptors (Lipinski definition) is 7. The maximum atomic E-state index is 13.1. The summed E-state index contributed by atoms with van der Waals surface area (Å²) in [4.78, 5) is 47.8. The van der Waals surface area contributed by atoms with Gasteiger partial charge in [0, 0.05) is 34.8 Å². The first-order chi connectivity index (χ1) is 22.0. The molecule has 3 N–H and O–H groups in total. The van der Waals surface area contributed by atoms with Crippen LogP contribution in [0.3, 0.4) is 0 Å². The van der Waals surface area contributed by atoms with Crippen molar-refractivity contribution in [3.05, 3.63) is 101 Å². The largest absolute Gasteiger partial charge is 0.494 e. The van der Waals surface area contributed by atoms with Gasteiger partial charge in [0.15, 0.2) is 5.82 Å². The van der Waals surface area contributed by atoms with Crippen LogP contribution in [0.1, 0.15) is 47.8 Å². The summed E-state index contributed by atoms with van der Waals surface area (Å²) >= 11 is 1.37. The minimum Gasteiger partial charge on any atom is -0.494 e. The second-order valence-electron chi connectivity index (χ2n) is 11.9.